The monoisotopic (exact) mass is 244 g/mol. The molecule has 1 saturated carbocycles. The lowest BCUT2D eigenvalue weighted by Gasteiger charge is -2.28. The summed E-state index contributed by atoms with van der Waals surface area (Å²) in [7, 11) is 0. The molecule has 15 heavy (non-hydrogen) atoms. The van der Waals surface area contributed by atoms with Crippen molar-refractivity contribution in [3.63, 3.8) is 0 Å². The molecule has 0 bridgehead atoms. The third-order valence-corrected chi connectivity index (χ3v) is 3.78. The molecule has 0 radical (unpaired) electrons. The first-order chi connectivity index (χ1) is 7.26. The molecule has 2 nitrogen and oxygen atoms in total. The summed E-state index contributed by atoms with van der Waals surface area (Å²) in [6.45, 7) is 0. The predicted molar refractivity (Wildman–Crippen MR) is 64.8 cm³/mol. The molecule has 0 unspecified atom stereocenters. The van der Waals surface area contributed by atoms with Crippen LogP contribution in [-0.2, 0) is 0 Å². The Morgan fingerprint density at radius 2 is 2.13 bits per heavy atom. The maximum atomic E-state index is 6.05. The highest BCUT2D eigenvalue weighted by molar-refractivity contribution is 6.32. The van der Waals surface area contributed by atoms with Crippen LogP contribution in [0.4, 0.5) is 5.82 Å². The number of halogens is 2. The standard InChI is InChI=1S/C11H14Cl2N2/c12-8-11(5-1-2-6-11)15-10-9(13)4-3-7-14-10/h3-4,7H,1-2,5-6,8H2,(H,14,15). The first-order valence-corrected chi connectivity index (χ1v) is 6.12. The van der Waals surface area contributed by atoms with Gasteiger partial charge in [-0.1, -0.05) is 24.4 Å². The summed E-state index contributed by atoms with van der Waals surface area (Å²) in [6, 6.07) is 3.67. The molecule has 2 rings (SSSR count). The van der Waals surface area contributed by atoms with Crippen LogP contribution < -0.4 is 5.32 Å². The zero-order chi connectivity index (χ0) is 10.7. The van der Waals surface area contributed by atoms with Crippen molar-refractivity contribution in [2.45, 2.75) is 31.2 Å². The van der Waals surface area contributed by atoms with Crippen molar-refractivity contribution < 1.29 is 0 Å². The van der Waals surface area contributed by atoms with Crippen molar-refractivity contribution >= 4 is 29.0 Å². The van der Waals surface area contributed by atoms with Gasteiger partial charge in [0.15, 0.2) is 0 Å². The third kappa shape index (κ3) is 2.37. The second-order valence-corrected chi connectivity index (χ2v) is 4.75. The van der Waals surface area contributed by atoms with Gasteiger partial charge in [-0.3, -0.25) is 0 Å². The van der Waals surface area contributed by atoms with Crippen molar-refractivity contribution in [2.75, 3.05) is 11.2 Å². The van der Waals surface area contributed by atoms with Crippen LogP contribution in [-0.4, -0.2) is 16.4 Å². The molecule has 1 heterocycles. The minimum Gasteiger partial charge on any atom is -0.362 e. The van der Waals surface area contributed by atoms with Gasteiger partial charge in [-0.2, -0.15) is 0 Å². The van der Waals surface area contributed by atoms with Gasteiger partial charge >= 0.3 is 0 Å². The van der Waals surface area contributed by atoms with Gasteiger partial charge in [0.1, 0.15) is 5.82 Å². The minimum absolute atomic E-state index is 0.000448. The summed E-state index contributed by atoms with van der Waals surface area (Å²) < 4.78 is 0. The second kappa shape index (κ2) is 4.58. The zero-order valence-corrected chi connectivity index (χ0v) is 9.98. The lowest BCUT2D eigenvalue weighted by Crippen LogP contribution is -2.37. The minimum atomic E-state index is -0.000448. The number of pyridine rings is 1. The van der Waals surface area contributed by atoms with E-state index in [1.807, 2.05) is 12.1 Å². The zero-order valence-electron chi connectivity index (χ0n) is 8.47. The molecule has 1 fully saturated rings. The Hall–Kier alpha value is -0.470. The van der Waals surface area contributed by atoms with Crippen molar-refractivity contribution in [2.24, 2.45) is 0 Å². The Morgan fingerprint density at radius 1 is 1.40 bits per heavy atom. The van der Waals surface area contributed by atoms with Crippen LogP contribution in [0, 0.1) is 0 Å². The lowest BCUT2D eigenvalue weighted by molar-refractivity contribution is 0.537. The average Bonchev–Trinajstić information content (AvgIpc) is 2.71. The van der Waals surface area contributed by atoms with Crippen molar-refractivity contribution in [3.05, 3.63) is 23.4 Å². The Morgan fingerprint density at radius 3 is 2.73 bits per heavy atom. The van der Waals surface area contributed by atoms with Crippen LogP contribution in [0.25, 0.3) is 0 Å². The molecule has 0 saturated heterocycles. The summed E-state index contributed by atoms with van der Waals surface area (Å²) in [5.41, 5.74) is -0.000448. The molecule has 0 spiro atoms. The first-order valence-electron chi connectivity index (χ1n) is 5.20. The molecule has 0 aliphatic heterocycles. The summed E-state index contributed by atoms with van der Waals surface area (Å²) >= 11 is 12.1. The molecule has 0 aromatic carbocycles. The van der Waals surface area contributed by atoms with E-state index in [9.17, 15) is 0 Å². The van der Waals surface area contributed by atoms with E-state index in [1.165, 1.54) is 12.8 Å². The number of rotatable bonds is 3. The van der Waals surface area contributed by atoms with E-state index in [4.69, 9.17) is 23.2 Å². The largest absolute Gasteiger partial charge is 0.362 e. The van der Waals surface area contributed by atoms with E-state index in [2.05, 4.69) is 10.3 Å². The maximum Gasteiger partial charge on any atom is 0.145 e. The van der Waals surface area contributed by atoms with E-state index < -0.39 is 0 Å². The third-order valence-electron chi connectivity index (χ3n) is 2.96. The molecule has 82 valence electrons. The SMILES string of the molecule is ClCC1(Nc2ncccc2Cl)CCCC1. The number of nitrogens with one attached hydrogen (secondary N) is 1. The normalized spacial score (nSPS) is 19.1. The van der Waals surface area contributed by atoms with Crippen LogP contribution in [0.3, 0.4) is 0 Å². The Kier molecular flexibility index (Phi) is 3.37. The molecule has 1 N–H and O–H groups in total. The van der Waals surface area contributed by atoms with E-state index in [0.717, 1.165) is 18.7 Å². The molecule has 4 heteroatoms. The van der Waals surface area contributed by atoms with Gasteiger partial charge in [0.2, 0.25) is 0 Å². The Balaban J connectivity index is 2.16. The van der Waals surface area contributed by atoms with Gasteiger partial charge in [0.05, 0.1) is 10.6 Å². The van der Waals surface area contributed by atoms with Crippen LogP contribution in [0.1, 0.15) is 25.7 Å². The maximum absolute atomic E-state index is 6.05. The predicted octanol–water partition coefficient (Wildman–Crippen LogP) is 3.70. The van der Waals surface area contributed by atoms with Crippen molar-refractivity contribution in [1.82, 2.24) is 4.98 Å². The highest BCUT2D eigenvalue weighted by Gasteiger charge is 2.33. The fourth-order valence-electron chi connectivity index (χ4n) is 2.07. The summed E-state index contributed by atoms with van der Waals surface area (Å²) in [5, 5.41) is 4.06. The number of alkyl halides is 1. The molecule has 1 aliphatic carbocycles. The van der Waals surface area contributed by atoms with E-state index >= 15 is 0 Å². The van der Waals surface area contributed by atoms with Gasteiger partial charge in [0.25, 0.3) is 0 Å². The van der Waals surface area contributed by atoms with Gasteiger partial charge in [-0.05, 0) is 25.0 Å². The van der Waals surface area contributed by atoms with Gasteiger partial charge < -0.3 is 5.32 Å². The highest BCUT2D eigenvalue weighted by atomic mass is 35.5. The quantitative estimate of drug-likeness (QED) is 0.821. The second-order valence-electron chi connectivity index (χ2n) is 4.08. The van der Waals surface area contributed by atoms with Crippen LogP contribution in [0.15, 0.2) is 18.3 Å². The van der Waals surface area contributed by atoms with Crippen molar-refractivity contribution in [3.8, 4) is 0 Å². The fourth-order valence-corrected chi connectivity index (χ4v) is 2.58. The summed E-state index contributed by atoms with van der Waals surface area (Å²) in [5.74, 6) is 1.36. The van der Waals surface area contributed by atoms with Crippen LogP contribution >= 0.6 is 23.2 Å². The number of hydrogen-bond acceptors (Lipinski definition) is 2. The molecule has 1 aliphatic rings. The Labute approximate surface area is 100.0 Å². The molecule has 0 amide bonds. The first kappa shape index (κ1) is 11.0. The molecular formula is C11H14Cl2N2. The fraction of sp³-hybridized carbons (Fsp3) is 0.545. The van der Waals surface area contributed by atoms with Gasteiger partial charge in [0, 0.05) is 12.1 Å². The Bertz CT molecular complexity index is 335. The summed E-state index contributed by atoms with van der Waals surface area (Å²) in [4.78, 5) is 4.23. The van der Waals surface area contributed by atoms with E-state index in [1.54, 1.807) is 6.20 Å². The number of hydrogen-bond donors (Lipinski definition) is 1. The molecule has 1 aromatic rings. The highest BCUT2D eigenvalue weighted by Crippen LogP contribution is 2.35. The number of anilines is 1. The van der Waals surface area contributed by atoms with Gasteiger partial charge in [-0.15, -0.1) is 11.6 Å². The molecular weight excluding hydrogens is 231 g/mol. The van der Waals surface area contributed by atoms with Crippen LogP contribution in [0.5, 0.6) is 0 Å². The topological polar surface area (TPSA) is 24.9 Å². The molecule has 1 aromatic heterocycles. The average molecular weight is 245 g/mol. The van der Waals surface area contributed by atoms with E-state index in [0.29, 0.717) is 10.9 Å². The number of nitrogens with zero attached hydrogens (tertiary/aromatic N) is 1. The van der Waals surface area contributed by atoms with E-state index in [-0.39, 0.29) is 5.54 Å². The van der Waals surface area contributed by atoms with Crippen LogP contribution in [0.2, 0.25) is 5.02 Å². The molecule has 0 atom stereocenters. The smallest absolute Gasteiger partial charge is 0.145 e. The summed E-state index contributed by atoms with van der Waals surface area (Å²) in [6.07, 6.45) is 6.40. The van der Waals surface area contributed by atoms with Gasteiger partial charge in [-0.25, -0.2) is 4.98 Å². The number of aromatic nitrogens is 1. The lowest BCUT2D eigenvalue weighted by atomic mass is 10.0. The van der Waals surface area contributed by atoms with Crippen molar-refractivity contribution in [1.29, 1.82) is 0 Å².